The Bertz CT molecular complexity index is 1640. The first-order valence-electron chi connectivity index (χ1n) is 12.5. The van der Waals surface area contributed by atoms with E-state index in [2.05, 4.69) is 9.97 Å². The van der Waals surface area contributed by atoms with E-state index in [1.165, 1.54) is 10.9 Å². The molecule has 4 aromatic rings. The van der Waals surface area contributed by atoms with Crippen molar-refractivity contribution >= 4 is 22.9 Å². The third kappa shape index (κ3) is 4.39. The van der Waals surface area contributed by atoms with E-state index < -0.39 is 0 Å². The highest BCUT2D eigenvalue weighted by molar-refractivity contribution is 5.97. The number of rotatable bonds is 7. The Morgan fingerprint density at radius 3 is 2.47 bits per heavy atom. The number of nitrogens with two attached hydrogens (primary N) is 1. The number of para-hydroxylation sites is 1. The van der Waals surface area contributed by atoms with Crippen LogP contribution in [0.2, 0.25) is 0 Å². The third-order valence-corrected chi connectivity index (χ3v) is 6.87. The summed E-state index contributed by atoms with van der Waals surface area (Å²) in [6.07, 6.45) is 5.18. The van der Waals surface area contributed by atoms with Crippen molar-refractivity contribution in [2.45, 2.75) is 19.4 Å². The molecule has 1 saturated carbocycles. The second-order valence-electron chi connectivity index (χ2n) is 9.67. The number of hydrogen-bond donors (Lipinski definition) is 1. The Kier molecular flexibility index (Phi) is 5.88. The number of nitrogens with zero attached hydrogens (tertiary/aromatic N) is 6. The lowest BCUT2D eigenvalue weighted by molar-refractivity contribution is -0.133. The van der Waals surface area contributed by atoms with E-state index in [0.717, 1.165) is 12.8 Å². The Morgan fingerprint density at radius 1 is 1.08 bits per heavy atom. The number of hydrogen-bond acceptors (Lipinski definition) is 7. The predicted octanol–water partition coefficient (Wildman–Crippen LogP) is 3.28. The van der Waals surface area contributed by atoms with Crippen LogP contribution in [0.1, 0.15) is 12.8 Å². The molecule has 10 heteroatoms. The van der Waals surface area contributed by atoms with E-state index >= 15 is 0 Å². The van der Waals surface area contributed by atoms with Gasteiger partial charge in [0.1, 0.15) is 35.0 Å². The molecule has 0 radical (unpaired) electrons. The van der Waals surface area contributed by atoms with Crippen LogP contribution in [-0.4, -0.2) is 43.0 Å². The highest BCUT2D eigenvalue weighted by Gasteiger charge is 2.34. The van der Waals surface area contributed by atoms with Crippen LogP contribution in [0.25, 0.3) is 16.9 Å². The van der Waals surface area contributed by atoms with Crippen molar-refractivity contribution in [1.29, 1.82) is 5.26 Å². The SMILES string of the molecule is N#C/C(=C\C1CC1)C(=O)N1CC(Cn2c(=O)n(-c3ccc(Oc4ccccc4)cc3)c3c(N)ncnc32)C1. The van der Waals surface area contributed by atoms with Crippen LogP contribution in [0.5, 0.6) is 11.5 Å². The van der Waals surface area contributed by atoms with Crippen LogP contribution in [0.4, 0.5) is 5.82 Å². The minimum Gasteiger partial charge on any atom is -0.457 e. The molecule has 0 bridgehead atoms. The number of nitrogen functional groups attached to an aromatic ring is 1. The molecule has 10 nitrogen and oxygen atoms in total. The Morgan fingerprint density at radius 2 is 1.79 bits per heavy atom. The van der Waals surface area contributed by atoms with Crippen molar-refractivity contribution in [1.82, 2.24) is 24.0 Å². The Hall–Kier alpha value is -4.91. The van der Waals surface area contributed by atoms with Gasteiger partial charge >= 0.3 is 5.69 Å². The molecule has 2 fully saturated rings. The van der Waals surface area contributed by atoms with Gasteiger partial charge in [0, 0.05) is 25.6 Å². The van der Waals surface area contributed by atoms with Gasteiger partial charge in [-0.1, -0.05) is 24.3 Å². The molecule has 1 aliphatic heterocycles. The first-order chi connectivity index (χ1) is 18.5. The average molecular weight is 508 g/mol. The number of fused-ring (bicyclic) bond motifs is 1. The van der Waals surface area contributed by atoms with Crippen LogP contribution in [0, 0.1) is 23.2 Å². The summed E-state index contributed by atoms with van der Waals surface area (Å²) in [6.45, 7) is 1.30. The second kappa shape index (κ2) is 9.52. The maximum absolute atomic E-state index is 13.6. The zero-order valence-corrected chi connectivity index (χ0v) is 20.5. The van der Waals surface area contributed by atoms with Gasteiger partial charge in [-0.15, -0.1) is 0 Å². The summed E-state index contributed by atoms with van der Waals surface area (Å²) in [7, 11) is 0. The molecule has 38 heavy (non-hydrogen) atoms. The van der Waals surface area contributed by atoms with E-state index in [1.807, 2.05) is 36.4 Å². The Labute approximate surface area is 218 Å². The van der Waals surface area contributed by atoms with Crippen molar-refractivity contribution in [3.8, 4) is 23.3 Å². The zero-order valence-electron chi connectivity index (χ0n) is 20.5. The van der Waals surface area contributed by atoms with E-state index in [0.29, 0.717) is 53.9 Å². The molecule has 1 saturated heterocycles. The lowest BCUT2D eigenvalue weighted by Crippen LogP contribution is -2.52. The topological polar surface area (TPSA) is 132 Å². The maximum atomic E-state index is 13.6. The van der Waals surface area contributed by atoms with Gasteiger partial charge in [0.2, 0.25) is 0 Å². The monoisotopic (exact) mass is 507 g/mol. The van der Waals surface area contributed by atoms with Crippen molar-refractivity contribution in [3.05, 3.63) is 83.1 Å². The van der Waals surface area contributed by atoms with E-state index in [4.69, 9.17) is 10.5 Å². The maximum Gasteiger partial charge on any atom is 0.335 e. The number of carbonyl (C=O) groups is 1. The minimum atomic E-state index is -0.292. The number of ether oxygens (including phenoxy) is 1. The fourth-order valence-corrected chi connectivity index (χ4v) is 4.73. The van der Waals surface area contributed by atoms with E-state index in [1.54, 1.807) is 39.8 Å². The second-order valence-corrected chi connectivity index (χ2v) is 9.67. The van der Waals surface area contributed by atoms with Gasteiger partial charge in [-0.3, -0.25) is 13.9 Å². The first kappa shape index (κ1) is 23.5. The van der Waals surface area contributed by atoms with Gasteiger partial charge in [0.05, 0.1) is 5.69 Å². The molecule has 2 aromatic carbocycles. The van der Waals surface area contributed by atoms with Crippen LogP contribution < -0.4 is 16.2 Å². The molecule has 6 rings (SSSR count). The first-order valence-corrected chi connectivity index (χ1v) is 12.5. The number of benzene rings is 2. The molecule has 1 aliphatic carbocycles. The fourth-order valence-electron chi connectivity index (χ4n) is 4.73. The summed E-state index contributed by atoms with van der Waals surface area (Å²) in [5.74, 6) is 1.70. The molecule has 0 spiro atoms. The molecular weight excluding hydrogens is 482 g/mol. The molecule has 2 aromatic heterocycles. The number of likely N-dealkylation sites (tertiary alicyclic amines) is 1. The summed E-state index contributed by atoms with van der Waals surface area (Å²) in [5.41, 5.74) is 7.59. The van der Waals surface area contributed by atoms with Crippen LogP contribution in [0.3, 0.4) is 0 Å². The zero-order chi connectivity index (χ0) is 26.2. The highest BCUT2D eigenvalue weighted by atomic mass is 16.5. The van der Waals surface area contributed by atoms with Gasteiger partial charge in [-0.2, -0.15) is 5.26 Å². The molecule has 0 atom stereocenters. The number of carbonyl (C=O) groups excluding carboxylic acids is 1. The lowest BCUT2D eigenvalue weighted by Gasteiger charge is -2.39. The van der Waals surface area contributed by atoms with Crippen LogP contribution in [-0.2, 0) is 11.3 Å². The third-order valence-electron chi connectivity index (χ3n) is 6.87. The number of amides is 1. The summed E-state index contributed by atoms with van der Waals surface area (Å²) in [5, 5.41) is 9.38. The lowest BCUT2D eigenvalue weighted by atomic mass is 9.98. The Balaban J connectivity index is 1.24. The van der Waals surface area contributed by atoms with Crippen molar-refractivity contribution < 1.29 is 9.53 Å². The number of nitriles is 1. The normalized spacial score (nSPS) is 15.8. The predicted molar refractivity (Wildman–Crippen MR) is 141 cm³/mol. The summed E-state index contributed by atoms with van der Waals surface area (Å²) >= 11 is 0. The number of anilines is 1. The van der Waals surface area contributed by atoms with Crippen molar-refractivity contribution in [2.24, 2.45) is 11.8 Å². The van der Waals surface area contributed by atoms with Crippen LogP contribution in [0.15, 0.2) is 77.4 Å². The summed E-state index contributed by atoms with van der Waals surface area (Å²) in [4.78, 5) is 36.4. The minimum absolute atomic E-state index is 0.0504. The number of allylic oxidation sites excluding steroid dienone is 1. The number of aromatic nitrogens is 4. The summed E-state index contributed by atoms with van der Waals surface area (Å²) < 4.78 is 8.96. The molecule has 190 valence electrons. The van der Waals surface area contributed by atoms with Gasteiger partial charge in [-0.25, -0.2) is 14.8 Å². The standard InChI is InChI=1S/C28H25N7O3/c29-13-20(12-18-6-7-18)27(36)33-14-19(15-33)16-34-26-24(25(30)31-17-32-26)35(28(34)37)21-8-10-23(11-9-21)38-22-4-2-1-3-5-22/h1-5,8-12,17-19H,6-7,14-16H2,(H2,30,31,32)/b20-12+. The molecular formula is C28H25N7O3. The average Bonchev–Trinajstić information content (AvgIpc) is 3.68. The molecule has 1 amide bonds. The smallest absolute Gasteiger partial charge is 0.335 e. The van der Waals surface area contributed by atoms with E-state index in [9.17, 15) is 14.9 Å². The van der Waals surface area contributed by atoms with Gasteiger partial charge in [0.25, 0.3) is 5.91 Å². The molecule has 0 unspecified atom stereocenters. The molecule has 3 heterocycles. The van der Waals surface area contributed by atoms with E-state index in [-0.39, 0.29) is 28.9 Å². The van der Waals surface area contributed by atoms with Gasteiger partial charge in [0.15, 0.2) is 11.5 Å². The van der Waals surface area contributed by atoms with Gasteiger partial charge < -0.3 is 15.4 Å². The van der Waals surface area contributed by atoms with Gasteiger partial charge in [-0.05, 0) is 55.2 Å². The largest absolute Gasteiger partial charge is 0.457 e. The fraction of sp³-hybridized carbons (Fsp3) is 0.250. The van der Waals surface area contributed by atoms with Crippen molar-refractivity contribution in [2.75, 3.05) is 18.8 Å². The molecule has 2 aliphatic rings. The van der Waals surface area contributed by atoms with Crippen molar-refractivity contribution in [3.63, 3.8) is 0 Å². The summed E-state index contributed by atoms with van der Waals surface area (Å²) in [6, 6.07) is 18.6. The number of imidazole rings is 1. The highest BCUT2D eigenvalue weighted by Crippen LogP contribution is 2.32. The van der Waals surface area contributed by atoms with Crippen LogP contribution >= 0.6 is 0 Å². The molecule has 2 N–H and O–H groups in total. The quantitative estimate of drug-likeness (QED) is 0.300.